The largest absolute Gasteiger partial charge is 0.494 e. The molecule has 1 unspecified atom stereocenters. The molecule has 19 heavy (non-hydrogen) atoms. The van der Waals surface area contributed by atoms with Gasteiger partial charge in [0.15, 0.2) is 0 Å². The molecule has 0 spiro atoms. The highest BCUT2D eigenvalue weighted by molar-refractivity contribution is 5.32. The minimum absolute atomic E-state index is 0.0974. The summed E-state index contributed by atoms with van der Waals surface area (Å²) in [5.41, 5.74) is 1.18. The summed E-state index contributed by atoms with van der Waals surface area (Å²) >= 11 is 0. The average Bonchev–Trinajstić information content (AvgIpc) is 2.85. The normalized spacial score (nSPS) is 12.4. The Kier molecular flexibility index (Phi) is 4.58. The quantitative estimate of drug-likeness (QED) is 0.866. The van der Waals surface area contributed by atoms with Gasteiger partial charge in [0.05, 0.1) is 12.6 Å². The molecule has 0 radical (unpaired) electrons. The smallest absolute Gasteiger partial charge is 0.130 e. The molecule has 0 amide bonds. The predicted octanol–water partition coefficient (Wildman–Crippen LogP) is 2.52. The Labute approximate surface area is 114 Å². The van der Waals surface area contributed by atoms with Crippen LogP contribution in [0.1, 0.15) is 30.8 Å². The predicted molar refractivity (Wildman–Crippen MR) is 76.3 cm³/mol. The van der Waals surface area contributed by atoms with Crippen molar-refractivity contribution in [2.45, 2.75) is 19.4 Å². The van der Waals surface area contributed by atoms with E-state index < -0.39 is 0 Å². The molecule has 0 aliphatic carbocycles. The molecular weight excluding hydrogens is 238 g/mol. The summed E-state index contributed by atoms with van der Waals surface area (Å²) in [6.07, 6.45) is 4.80. The van der Waals surface area contributed by atoms with Gasteiger partial charge in [0.2, 0.25) is 0 Å². The Balaban J connectivity index is 2.18. The van der Waals surface area contributed by atoms with Crippen LogP contribution in [0, 0.1) is 0 Å². The third-order valence-electron chi connectivity index (χ3n) is 3.09. The van der Waals surface area contributed by atoms with Crippen LogP contribution in [0.3, 0.4) is 0 Å². The molecule has 0 fully saturated rings. The number of nitrogens with zero attached hydrogens (tertiary/aromatic N) is 2. The van der Waals surface area contributed by atoms with E-state index in [4.69, 9.17) is 4.74 Å². The van der Waals surface area contributed by atoms with Crippen LogP contribution in [0.4, 0.5) is 0 Å². The summed E-state index contributed by atoms with van der Waals surface area (Å²) in [7, 11) is 3.95. The highest BCUT2D eigenvalue weighted by atomic mass is 16.5. The van der Waals surface area contributed by atoms with Gasteiger partial charge in [-0.1, -0.05) is 19.1 Å². The zero-order valence-corrected chi connectivity index (χ0v) is 11.8. The summed E-state index contributed by atoms with van der Waals surface area (Å²) in [6, 6.07) is 8.29. The van der Waals surface area contributed by atoms with Gasteiger partial charge in [-0.25, -0.2) is 4.98 Å². The van der Waals surface area contributed by atoms with Crippen LogP contribution in [0.2, 0.25) is 0 Å². The summed E-state index contributed by atoms with van der Waals surface area (Å²) in [6.45, 7) is 2.86. The average molecular weight is 259 g/mol. The summed E-state index contributed by atoms with van der Waals surface area (Å²) in [4.78, 5) is 4.40. The zero-order valence-electron chi connectivity index (χ0n) is 11.8. The van der Waals surface area contributed by atoms with Gasteiger partial charge < -0.3 is 14.6 Å². The summed E-state index contributed by atoms with van der Waals surface area (Å²) < 4.78 is 7.63. The number of nitrogens with one attached hydrogen (secondary N) is 1. The second-order valence-corrected chi connectivity index (χ2v) is 4.54. The number of rotatable bonds is 6. The molecule has 0 aliphatic heterocycles. The molecule has 2 rings (SSSR count). The Morgan fingerprint density at radius 2 is 2.05 bits per heavy atom. The lowest BCUT2D eigenvalue weighted by atomic mass is 10.1. The van der Waals surface area contributed by atoms with Crippen molar-refractivity contribution in [2.75, 3.05) is 13.7 Å². The van der Waals surface area contributed by atoms with Crippen molar-refractivity contribution in [2.24, 2.45) is 7.05 Å². The Morgan fingerprint density at radius 1 is 1.32 bits per heavy atom. The second kappa shape index (κ2) is 6.38. The number of imidazole rings is 1. The van der Waals surface area contributed by atoms with E-state index >= 15 is 0 Å². The highest BCUT2D eigenvalue weighted by Gasteiger charge is 2.15. The second-order valence-electron chi connectivity index (χ2n) is 4.54. The maximum absolute atomic E-state index is 5.60. The molecule has 4 nitrogen and oxygen atoms in total. The fraction of sp³-hybridized carbons (Fsp3) is 0.400. The Hall–Kier alpha value is -1.81. The van der Waals surface area contributed by atoms with E-state index in [1.807, 2.05) is 43.2 Å². The molecule has 1 aromatic carbocycles. The van der Waals surface area contributed by atoms with Crippen LogP contribution in [-0.2, 0) is 7.05 Å². The van der Waals surface area contributed by atoms with Gasteiger partial charge in [0.25, 0.3) is 0 Å². The van der Waals surface area contributed by atoms with E-state index in [1.165, 1.54) is 5.56 Å². The van der Waals surface area contributed by atoms with Crippen LogP contribution in [0.5, 0.6) is 5.75 Å². The van der Waals surface area contributed by atoms with Gasteiger partial charge in [-0.2, -0.15) is 0 Å². The van der Waals surface area contributed by atoms with Crippen molar-refractivity contribution in [3.8, 4) is 5.75 Å². The summed E-state index contributed by atoms with van der Waals surface area (Å²) in [5.74, 6) is 1.92. The van der Waals surface area contributed by atoms with Crippen LogP contribution >= 0.6 is 0 Å². The molecule has 0 saturated heterocycles. The summed E-state index contributed by atoms with van der Waals surface area (Å²) in [5, 5.41) is 3.30. The van der Waals surface area contributed by atoms with Crippen LogP contribution < -0.4 is 10.1 Å². The molecule has 1 aromatic heterocycles. The number of benzene rings is 1. The van der Waals surface area contributed by atoms with Crippen molar-refractivity contribution < 1.29 is 4.74 Å². The fourth-order valence-corrected chi connectivity index (χ4v) is 2.08. The van der Waals surface area contributed by atoms with Gasteiger partial charge in [-0.05, 0) is 31.2 Å². The molecule has 1 N–H and O–H groups in total. The van der Waals surface area contributed by atoms with Gasteiger partial charge >= 0.3 is 0 Å². The molecule has 2 aromatic rings. The number of hydrogen-bond acceptors (Lipinski definition) is 3. The van der Waals surface area contributed by atoms with Crippen molar-refractivity contribution >= 4 is 0 Å². The first-order valence-corrected chi connectivity index (χ1v) is 6.63. The fourth-order valence-electron chi connectivity index (χ4n) is 2.08. The van der Waals surface area contributed by atoms with E-state index in [0.29, 0.717) is 0 Å². The molecule has 102 valence electrons. The highest BCUT2D eigenvalue weighted by Crippen LogP contribution is 2.22. The maximum atomic E-state index is 5.60. The third kappa shape index (κ3) is 3.15. The van der Waals surface area contributed by atoms with E-state index in [9.17, 15) is 0 Å². The first kappa shape index (κ1) is 13.6. The van der Waals surface area contributed by atoms with Crippen LogP contribution in [0.15, 0.2) is 36.7 Å². The third-order valence-corrected chi connectivity index (χ3v) is 3.09. The first-order valence-electron chi connectivity index (χ1n) is 6.63. The topological polar surface area (TPSA) is 39.1 Å². The van der Waals surface area contributed by atoms with Crippen LogP contribution in [0.25, 0.3) is 0 Å². The van der Waals surface area contributed by atoms with Gasteiger partial charge in [-0.3, -0.25) is 0 Å². The number of aromatic nitrogens is 2. The van der Waals surface area contributed by atoms with Gasteiger partial charge in [0.1, 0.15) is 11.6 Å². The minimum Gasteiger partial charge on any atom is -0.494 e. The van der Waals surface area contributed by atoms with Crippen LogP contribution in [-0.4, -0.2) is 23.2 Å². The zero-order chi connectivity index (χ0) is 13.7. The number of hydrogen-bond donors (Lipinski definition) is 1. The molecule has 0 saturated carbocycles. The van der Waals surface area contributed by atoms with Gasteiger partial charge in [0, 0.05) is 19.4 Å². The van der Waals surface area contributed by atoms with Crippen molar-refractivity contribution in [3.05, 3.63) is 48.0 Å². The molecule has 1 heterocycles. The van der Waals surface area contributed by atoms with Crippen molar-refractivity contribution in [3.63, 3.8) is 0 Å². The lowest BCUT2D eigenvalue weighted by Crippen LogP contribution is -2.21. The molecule has 0 aliphatic rings. The molecule has 4 heteroatoms. The Bertz CT molecular complexity index is 504. The van der Waals surface area contributed by atoms with E-state index in [2.05, 4.69) is 29.4 Å². The molecule has 1 atom stereocenters. The number of ether oxygens (including phenoxy) is 1. The van der Waals surface area contributed by atoms with E-state index in [0.717, 1.165) is 24.6 Å². The SMILES string of the molecule is CCCOc1ccc(C(NC)c2nccn2C)cc1. The standard InChI is InChI=1S/C15H21N3O/c1-4-11-19-13-7-5-12(6-8-13)14(16-2)15-17-9-10-18(15)3/h5-10,14,16H,4,11H2,1-3H3. The van der Waals surface area contributed by atoms with Gasteiger partial charge in [-0.15, -0.1) is 0 Å². The number of aryl methyl sites for hydroxylation is 1. The molecule has 0 bridgehead atoms. The molecular formula is C15H21N3O. The minimum atomic E-state index is 0.0974. The monoisotopic (exact) mass is 259 g/mol. The Morgan fingerprint density at radius 3 is 2.58 bits per heavy atom. The van der Waals surface area contributed by atoms with Crippen molar-refractivity contribution in [1.29, 1.82) is 0 Å². The lowest BCUT2D eigenvalue weighted by molar-refractivity contribution is 0.317. The van der Waals surface area contributed by atoms with E-state index in [-0.39, 0.29) is 6.04 Å². The van der Waals surface area contributed by atoms with E-state index in [1.54, 1.807) is 0 Å². The lowest BCUT2D eigenvalue weighted by Gasteiger charge is -2.17. The van der Waals surface area contributed by atoms with Crippen molar-refractivity contribution in [1.82, 2.24) is 14.9 Å². The maximum Gasteiger partial charge on any atom is 0.130 e. The first-order chi connectivity index (χ1) is 9.26.